The molecule has 1 aliphatic heterocycles. The van der Waals surface area contributed by atoms with Gasteiger partial charge in [-0.1, -0.05) is 23.6 Å². The Morgan fingerprint density at radius 2 is 1.92 bits per heavy atom. The molecule has 134 valence electrons. The summed E-state index contributed by atoms with van der Waals surface area (Å²) in [4.78, 5) is 38.0. The summed E-state index contributed by atoms with van der Waals surface area (Å²) in [7, 11) is 0. The standard InChI is InChI=1S/C19H24N2O4/c1-12-6-13(2)8-14(7-12)17(23)20-9-16(22)21-10-15-4-3-5-19(15,11-21)18(24)25/h6-8,15H,3-5,9-11H2,1-2H3,(H,20,23)(H,24,25)/t15-,19+/m0/s1. The summed E-state index contributed by atoms with van der Waals surface area (Å²) in [6.07, 6.45) is 2.39. The van der Waals surface area contributed by atoms with E-state index in [9.17, 15) is 19.5 Å². The van der Waals surface area contributed by atoms with Gasteiger partial charge in [0.2, 0.25) is 5.91 Å². The second kappa shape index (κ2) is 6.50. The zero-order valence-electron chi connectivity index (χ0n) is 14.7. The molecule has 2 amide bonds. The molecular formula is C19H24N2O4. The van der Waals surface area contributed by atoms with Gasteiger partial charge >= 0.3 is 5.97 Å². The third-order valence-corrected chi connectivity index (χ3v) is 5.53. The van der Waals surface area contributed by atoms with Crippen LogP contribution in [0.25, 0.3) is 0 Å². The van der Waals surface area contributed by atoms with Crippen molar-refractivity contribution in [3.63, 3.8) is 0 Å². The number of hydrogen-bond donors (Lipinski definition) is 2. The molecule has 0 radical (unpaired) electrons. The zero-order chi connectivity index (χ0) is 18.2. The summed E-state index contributed by atoms with van der Waals surface area (Å²) in [6, 6.07) is 5.55. The van der Waals surface area contributed by atoms with Gasteiger partial charge in [-0.2, -0.15) is 0 Å². The Morgan fingerprint density at radius 1 is 1.24 bits per heavy atom. The molecule has 1 saturated carbocycles. The number of carboxylic acids is 1. The van der Waals surface area contributed by atoms with Crippen molar-refractivity contribution < 1.29 is 19.5 Å². The number of aliphatic carboxylic acids is 1. The van der Waals surface area contributed by atoms with E-state index in [1.54, 1.807) is 17.0 Å². The minimum absolute atomic E-state index is 0.0316. The summed E-state index contributed by atoms with van der Waals surface area (Å²) >= 11 is 0. The second-order valence-electron chi connectivity index (χ2n) is 7.38. The molecule has 2 fully saturated rings. The molecule has 0 aromatic heterocycles. The van der Waals surface area contributed by atoms with E-state index < -0.39 is 11.4 Å². The molecule has 0 unspecified atom stereocenters. The van der Waals surface area contributed by atoms with Gasteiger partial charge in [-0.3, -0.25) is 14.4 Å². The van der Waals surface area contributed by atoms with Crippen LogP contribution in [0.15, 0.2) is 18.2 Å². The Kier molecular flexibility index (Phi) is 4.54. The van der Waals surface area contributed by atoms with E-state index in [1.807, 2.05) is 19.9 Å². The van der Waals surface area contributed by atoms with Gasteiger partial charge in [0.25, 0.3) is 5.91 Å². The predicted octanol–water partition coefficient (Wildman–Crippen LogP) is 1.75. The number of carboxylic acid groups (broad SMARTS) is 1. The van der Waals surface area contributed by atoms with Crippen molar-refractivity contribution in [2.75, 3.05) is 19.6 Å². The number of nitrogens with one attached hydrogen (secondary N) is 1. The van der Waals surface area contributed by atoms with Crippen molar-refractivity contribution in [3.8, 4) is 0 Å². The molecule has 0 spiro atoms. The fourth-order valence-electron chi connectivity index (χ4n) is 4.30. The van der Waals surface area contributed by atoms with E-state index in [2.05, 4.69) is 5.32 Å². The highest BCUT2D eigenvalue weighted by atomic mass is 16.4. The molecule has 0 bridgehead atoms. The first kappa shape index (κ1) is 17.5. The van der Waals surface area contributed by atoms with Gasteiger partial charge in [0.15, 0.2) is 0 Å². The van der Waals surface area contributed by atoms with Crippen molar-refractivity contribution in [1.82, 2.24) is 10.2 Å². The number of benzene rings is 1. The first-order valence-corrected chi connectivity index (χ1v) is 8.69. The fraction of sp³-hybridized carbons (Fsp3) is 0.526. The number of carbonyl (C=O) groups excluding carboxylic acids is 2. The second-order valence-corrected chi connectivity index (χ2v) is 7.38. The Balaban J connectivity index is 1.60. The van der Waals surface area contributed by atoms with E-state index in [0.29, 0.717) is 18.5 Å². The van der Waals surface area contributed by atoms with Crippen LogP contribution >= 0.6 is 0 Å². The van der Waals surface area contributed by atoms with E-state index in [-0.39, 0.29) is 30.8 Å². The summed E-state index contributed by atoms with van der Waals surface area (Å²) in [6.45, 7) is 4.47. The average molecular weight is 344 g/mol. The Labute approximate surface area is 147 Å². The maximum atomic E-state index is 12.4. The van der Waals surface area contributed by atoms with Gasteiger partial charge in [-0.05, 0) is 44.7 Å². The molecule has 3 rings (SSSR count). The normalized spacial score (nSPS) is 24.9. The maximum absolute atomic E-state index is 12.4. The van der Waals surface area contributed by atoms with Crippen molar-refractivity contribution >= 4 is 17.8 Å². The van der Waals surface area contributed by atoms with Gasteiger partial charge in [0.1, 0.15) is 0 Å². The van der Waals surface area contributed by atoms with Crippen LogP contribution < -0.4 is 5.32 Å². The SMILES string of the molecule is Cc1cc(C)cc(C(=O)NCC(=O)N2C[C@@H]3CCC[C@@]3(C(=O)O)C2)c1. The maximum Gasteiger partial charge on any atom is 0.311 e. The molecule has 1 aromatic rings. The van der Waals surface area contributed by atoms with Crippen LogP contribution in [0.5, 0.6) is 0 Å². The van der Waals surface area contributed by atoms with Gasteiger partial charge in [-0.15, -0.1) is 0 Å². The summed E-state index contributed by atoms with van der Waals surface area (Å²) in [5, 5.41) is 12.2. The minimum Gasteiger partial charge on any atom is -0.481 e. The third kappa shape index (κ3) is 3.25. The highest BCUT2D eigenvalue weighted by Crippen LogP contribution is 2.48. The summed E-state index contributed by atoms with van der Waals surface area (Å²) in [5.41, 5.74) is 1.73. The third-order valence-electron chi connectivity index (χ3n) is 5.53. The highest BCUT2D eigenvalue weighted by Gasteiger charge is 2.55. The lowest BCUT2D eigenvalue weighted by atomic mass is 9.81. The van der Waals surface area contributed by atoms with Gasteiger partial charge in [0.05, 0.1) is 12.0 Å². The van der Waals surface area contributed by atoms with Gasteiger partial charge in [-0.25, -0.2) is 0 Å². The van der Waals surface area contributed by atoms with E-state index in [1.165, 1.54) is 0 Å². The molecule has 1 heterocycles. The van der Waals surface area contributed by atoms with Crippen molar-refractivity contribution in [2.45, 2.75) is 33.1 Å². The average Bonchev–Trinajstić information content (AvgIpc) is 3.09. The number of amides is 2. The Bertz CT molecular complexity index is 710. The van der Waals surface area contributed by atoms with Crippen LogP contribution in [0.4, 0.5) is 0 Å². The minimum atomic E-state index is -0.801. The Morgan fingerprint density at radius 3 is 2.52 bits per heavy atom. The van der Waals surface area contributed by atoms with Gasteiger partial charge < -0.3 is 15.3 Å². The lowest BCUT2D eigenvalue weighted by Crippen LogP contribution is -2.41. The first-order valence-electron chi connectivity index (χ1n) is 8.69. The quantitative estimate of drug-likeness (QED) is 0.871. The molecule has 6 heteroatoms. The number of fused-ring (bicyclic) bond motifs is 1. The van der Waals surface area contributed by atoms with E-state index in [4.69, 9.17) is 0 Å². The molecule has 2 aliphatic rings. The summed E-state index contributed by atoms with van der Waals surface area (Å²) < 4.78 is 0. The number of carbonyl (C=O) groups is 3. The van der Waals surface area contributed by atoms with E-state index >= 15 is 0 Å². The van der Waals surface area contributed by atoms with Crippen LogP contribution in [-0.4, -0.2) is 47.4 Å². The number of rotatable bonds is 4. The zero-order valence-corrected chi connectivity index (χ0v) is 14.7. The van der Waals surface area contributed by atoms with Crippen molar-refractivity contribution in [1.29, 1.82) is 0 Å². The molecule has 25 heavy (non-hydrogen) atoms. The Hall–Kier alpha value is -2.37. The highest BCUT2D eigenvalue weighted by molar-refractivity contribution is 5.97. The van der Waals surface area contributed by atoms with Crippen LogP contribution in [0.2, 0.25) is 0 Å². The van der Waals surface area contributed by atoms with Crippen LogP contribution in [0, 0.1) is 25.2 Å². The number of likely N-dealkylation sites (tertiary alicyclic amines) is 1. The molecule has 2 N–H and O–H groups in total. The molecule has 1 saturated heterocycles. The monoisotopic (exact) mass is 344 g/mol. The molecule has 2 atom stereocenters. The lowest BCUT2D eigenvalue weighted by molar-refractivity contribution is -0.149. The largest absolute Gasteiger partial charge is 0.481 e. The van der Waals surface area contributed by atoms with Crippen molar-refractivity contribution in [3.05, 3.63) is 34.9 Å². The molecular weight excluding hydrogens is 320 g/mol. The van der Waals surface area contributed by atoms with Crippen LogP contribution in [0.3, 0.4) is 0 Å². The van der Waals surface area contributed by atoms with Crippen LogP contribution in [-0.2, 0) is 9.59 Å². The first-order chi connectivity index (χ1) is 11.8. The lowest BCUT2D eigenvalue weighted by Gasteiger charge is -2.23. The van der Waals surface area contributed by atoms with E-state index in [0.717, 1.165) is 24.0 Å². The molecule has 1 aliphatic carbocycles. The summed E-state index contributed by atoms with van der Waals surface area (Å²) in [5.74, 6) is -1.27. The molecule has 1 aromatic carbocycles. The topological polar surface area (TPSA) is 86.7 Å². The number of nitrogens with zero attached hydrogens (tertiary/aromatic N) is 1. The smallest absolute Gasteiger partial charge is 0.311 e. The van der Waals surface area contributed by atoms with Crippen molar-refractivity contribution in [2.24, 2.45) is 11.3 Å². The van der Waals surface area contributed by atoms with Gasteiger partial charge in [0, 0.05) is 18.7 Å². The predicted molar refractivity (Wildman–Crippen MR) is 92.2 cm³/mol. The fourth-order valence-corrected chi connectivity index (χ4v) is 4.30. The molecule has 6 nitrogen and oxygen atoms in total. The number of hydrogen-bond acceptors (Lipinski definition) is 3. The van der Waals surface area contributed by atoms with Crippen LogP contribution in [0.1, 0.15) is 40.7 Å². The number of aryl methyl sites for hydroxylation is 2.